The van der Waals surface area contributed by atoms with E-state index >= 15 is 0 Å². The van der Waals surface area contributed by atoms with E-state index in [1.54, 1.807) is 0 Å². The summed E-state index contributed by atoms with van der Waals surface area (Å²) in [5, 5.41) is 2.70. The monoisotopic (exact) mass is 391 g/mol. The maximum atomic E-state index is 12.8. The van der Waals surface area contributed by atoms with E-state index in [2.05, 4.69) is 40.1 Å². The standard InChI is InChI=1S/C18H22BrN3O2/c1-10-5-11(2)8-17(7-10)9-18(15(23)21-16(20)22-18)13-6-12(19)3-4-14(13)24-17/h3-4,6,10-11H,5,7-9H2,1-2H3,(H3,20,21,22,23). The molecule has 0 radical (unpaired) electrons. The molecule has 2 spiro atoms. The molecule has 1 aromatic rings. The second-order valence-electron chi connectivity index (χ2n) is 7.77. The average Bonchev–Trinajstić information content (AvgIpc) is 2.73. The molecule has 3 N–H and O–H groups in total. The number of ether oxygens (including phenoxy) is 1. The Morgan fingerprint density at radius 2 is 2.04 bits per heavy atom. The molecule has 1 aliphatic carbocycles. The van der Waals surface area contributed by atoms with E-state index < -0.39 is 5.54 Å². The Bertz CT molecular complexity index is 738. The van der Waals surface area contributed by atoms with E-state index in [1.165, 1.54) is 6.42 Å². The zero-order valence-electron chi connectivity index (χ0n) is 13.9. The normalized spacial score (nSPS) is 37.8. The number of rotatable bonds is 0. The summed E-state index contributed by atoms with van der Waals surface area (Å²) in [5.74, 6) is 1.93. The van der Waals surface area contributed by atoms with Gasteiger partial charge in [-0.25, -0.2) is 4.99 Å². The Kier molecular flexibility index (Phi) is 3.46. The van der Waals surface area contributed by atoms with Crippen LogP contribution in [0.1, 0.15) is 45.1 Å². The molecule has 3 aliphatic rings. The van der Waals surface area contributed by atoms with Crippen LogP contribution in [0.4, 0.5) is 0 Å². The van der Waals surface area contributed by atoms with Crippen molar-refractivity contribution < 1.29 is 9.53 Å². The SMILES string of the molecule is CC1CC(C)CC2(C1)CC1(N=C(N)NC1=O)c1cc(Br)ccc1O2. The number of amides is 1. The molecule has 1 amide bonds. The van der Waals surface area contributed by atoms with Crippen LogP contribution in [0.3, 0.4) is 0 Å². The quantitative estimate of drug-likeness (QED) is 0.713. The van der Waals surface area contributed by atoms with E-state index in [4.69, 9.17) is 10.5 Å². The first-order valence-electron chi connectivity index (χ1n) is 8.48. The van der Waals surface area contributed by atoms with Crippen LogP contribution in [0.15, 0.2) is 27.7 Å². The molecular formula is C18H22BrN3O2. The van der Waals surface area contributed by atoms with Crippen LogP contribution in [-0.2, 0) is 10.3 Å². The zero-order chi connectivity index (χ0) is 17.1. The molecule has 0 bridgehead atoms. The molecule has 128 valence electrons. The molecule has 5 nitrogen and oxygen atoms in total. The number of fused-ring (bicyclic) bond motifs is 2. The fraction of sp³-hybridized carbons (Fsp3) is 0.556. The summed E-state index contributed by atoms with van der Waals surface area (Å²) in [6.45, 7) is 4.52. The van der Waals surface area contributed by atoms with Crippen molar-refractivity contribution in [3.63, 3.8) is 0 Å². The first kappa shape index (κ1) is 15.9. The maximum Gasteiger partial charge on any atom is 0.259 e. The second kappa shape index (κ2) is 5.22. The highest BCUT2D eigenvalue weighted by Crippen LogP contribution is 2.53. The van der Waals surface area contributed by atoms with Gasteiger partial charge in [0.25, 0.3) is 5.91 Å². The van der Waals surface area contributed by atoms with Crippen LogP contribution in [-0.4, -0.2) is 17.5 Å². The van der Waals surface area contributed by atoms with Crippen LogP contribution in [0.5, 0.6) is 5.75 Å². The van der Waals surface area contributed by atoms with E-state index in [0.29, 0.717) is 18.3 Å². The highest BCUT2D eigenvalue weighted by molar-refractivity contribution is 9.10. The molecule has 1 fully saturated rings. The number of hydrogen-bond acceptors (Lipinski definition) is 4. The van der Waals surface area contributed by atoms with Crippen LogP contribution < -0.4 is 15.8 Å². The number of hydrogen-bond donors (Lipinski definition) is 2. The number of nitrogens with zero attached hydrogens (tertiary/aromatic N) is 1. The van der Waals surface area contributed by atoms with Gasteiger partial charge in [-0.05, 0) is 49.3 Å². The number of aliphatic imine (C=N–C) groups is 1. The van der Waals surface area contributed by atoms with Gasteiger partial charge >= 0.3 is 0 Å². The van der Waals surface area contributed by atoms with Gasteiger partial charge < -0.3 is 10.5 Å². The summed E-state index contributed by atoms with van der Waals surface area (Å²) < 4.78 is 7.42. The van der Waals surface area contributed by atoms with Gasteiger partial charge in [0.1, 0.15) is 11.4 Å². The highest BCUT2D eigenvalue weighted by atomic mass is 79.9. The van der Waals surface area contributed by atoms with Gasteiger partial charge in [0.05, 0.1) is 0 Å². The molecule has 4 rings (SSSR count). The molecule has 0 saturated heterocycles. The molecule has 0 aromatic heterocycles. The number of benzene rings is 1. The number of guanidine groups is 1. The topological polar surface area (TPSA) is 76.7 Å². The summed E-state index contributed by atoms with van der Waals surface area (Å²) >= 11 is 3.50. The molecule has 1 saturated carbocycles. The smallest absolute Gasteiger partial charge is 0.259 e. The van der Waals surface area contributed by atoms with E-state index in [0.717, 1.165) is 28.6 Å². The van der Waals surface area contributed by atoms with Gasteiger partial charge in [-0.3, -0.25) is 10.1 Å². The average molecular weight is 392 g/mol. The van der Waals surface area contributed by atoms with Crippen LogP contribution in [0, 0.1) is 11.8 Å². The predicted octanol–water partition coefficient (Wildman–Crippen LogP) is 3.07. The third-order valence-corrected chi connectivity index (χ3v) is 5.96. The van der Waals surface area contributed by atoms with Crippen molar-refractivity contribution in [1.29, 1.82) is 0 Å². The first-order valence-corrected chi connectivity index (χ1v) is 9.27. The molecule has 1 aromatic carbocycles. The number of nitrogens with one attached hydrogen (secondary N) is 1. The Hall–Kier alpha value is -1.56. The highest BCUT2D eigenvalue weighted by Gasteiger charge is 2.57. The molecule has 24 heavy (non-hydrogen) atoms. The van der Waals surface area contributed by atoms with E-state index in [1.807, 2.05) is 18.2 Å². The number of carbonyl (C=O) groups is 1. The number of carbonyl (C=O) groups excluding carboxylic acids is 1. The third kappa shape index (κ3) is 2.34. The van der Waals surface area contributed by atoms with Gasteiger partial charge in [0.2, 0.25) is 0 Å². The lowest BCUT2D eigenvalue weighted by atomic mass is 9.66. The summed E-state index contributed by atoms with van der Waals surface area (Å²) in [4.78, 5) is 17.4. The van der Waals surface area contributed by atoms with E-state index in [-0.39, 0.29) is 17.5 Å². The first-order chi connectivity index (χ1) is 11.3. The van der Waals surface area contributed by atoms with Crippen molar-refractivity contribution in [2.45, 2.75) is 50.7 Å². The molecule has 2 heterocycles. The molecule has 3 unspecified atom stereocenters. The molecule has 2 aliphatic heterocycles. The van der Waals surface area contributed by atoms with Gasteiger partial charge in [0, 0.05) is 16.5 Å². The lowest BCUT2D eigenvalue weighted by Gasteiger charge is -2.49. The Morgan fingerprint density at radius 1 is 1.33 bits per heavy atom. The van der Waals surface area contributed by atoms with Crippen LogP contribution >= 0.6 is 15.9 Å². The van der Waals surface area contributed by atoms with Crippen molar-refractivity contribution in [3.8, 4) is 5.75 Å². The van der Waals surface area contributed by atoms with Crippen molar-refractivity contribution >= 4 is 27.8 Å². The second-order valence-corrected chi connectivity index (χ2v) is 8.68. The fourth-order valence-corrected chi connectivity index (χ4v) is 5.35. The molecular weight excluding hydrogens is 370 g/mol. The molecule has 6 heteroatoms. The lowest BCUT2D eigenvalue weighted by molar-refractivity contribution is -0.129. The lowest BCUT2D eigenvalue weighted by Crippen LogP contribution is -2.54. The minimum atomic E-state index is -0.974. The third-order valence-electron chi connectivity index (χ3n) is 5.47. The summed E-state index contributed by atoms with van der Waals surface area (Å²) in [7, 11) is 0. The Labute approximate surface area is 150 Å². The fourth-order valence-electron chi connectivity index (χ4n) is 4.99. The minimum absolute atomic E-state index is 0.145. The van der Waals surface area contributed by atoms with Gasteiger partial charge in [-0.1, -0.05) is 29.8 Å². The summed E-state index contributed by atoms with van der Waals surface area (Å²) in [6.07, 6.45) is 3.63. The summed E-state index contributed by atoms with van der Waals surface area (Å²) in [5.41, 5.74) is 5.33. The maximum absolute atomic E-state index is 12.8. The van der Waals surface area contributed by atoms with Crippen LogP contribution in [0.25, 0.3) is 0 Å². The minimum Gasteiger partial charge on any atom is -0.487 e. The van der Waals surface area contributed by atoms with Crippen molar-refractivity contribution in [1.82, 2.24) is 5.32 Å². The number of halogens is 1. The van der Waals surface area contributed by atoms with Gasteiger partial charge in [-0.15, -0.1) is 0 Å². The van der Waals surface area contributed by atoms with Gasteiger partial charge in [-0.2, -0.15) is 0 Å². The number of nitrogens with two attached hydrogens (primary N) is 1. The zero-order valence-corrected chi connectivity index (χ0v) is 15.5. The van der Waals surface area contributed by atoms with Crippen molar-refractivity contribution in [3.05, 3.63) is 28.2 Å². The van der Waals surface area contributed by atoms with Crippen molar-refractivity contribution in [2.24, 2.45) is 22.6 Å². The Morgan fingerprint density at radius 3 is 2.67 bits per heavy atom. The predicted molar refractivity (Wildman–Crippen MR) is 95.7 cm³/mol. The van der Waals surface area contributed by atoms with Crippen LogP contribution in [0.2, 0.25) is 0 Å². The molecule has 3 atom stereocenters. The largest absolute Gasteiger partial charge is 0.487 e. The van der Waals surface area contributed by atoms with Crippen molar-refractivity contribution in [2.75, 3.05) is 0 Å². The van der Waals surface area contributed by atoms with Gasteiger partial charge in [0.15, 0.2) is 11.5 Å². The Balaban J connectivity index is 1.88. The van der Waals surface area contributed by atoms with E-state index in [9.17, 15) is 4.79 Å². The summed E-state index contributed by atoms with van der Waals surface area (Å²) in [6, 6.07) is 5.81.